The second kappa shape index (κ2) is 7.47. The Morgan fingerprint density at radius 1 is 1.04 bits per heavy atom. The highest BCUT2D eigenvalue weighted by Gasteiger charge is 2.34. The van der Waals surface area contributed by atoms with Gasteiger partial charge in [0.25, 0.3) is 23.6 Å². The number of fused-ring (bicyclic) bond motifs is 1. The zero-order valence-electron chi connectivity index (χ0n) is 14.7. The molecule has 3 heterocycles. The van der Waals surface area contributed by atoms with Crippen molar-refractivity contribution in [3.63, 3.8) is 0 Å². The molecule has 0 aliphatic carbocycles. The van der Waals surface area contributed by atoms with Crippen molar-refractivity contribution in [1.29, 1.82) is 0 Å². The van der Waals surface area contributed by atoms with Crippen LogP contribution in [0.4, 0.5) is 0 Å². The molecule has 0 saturated carbocycles. The summed E-state index contributed by atoms with van der Waals surface area (Å²) in [5.41, 5.74) is 0.776. The van der Waals surface area contributed by atoms with Gasteiger partial charge in [-0.3, -0.25) is 19.3 Å². The first kappa shape index (κ1) is 17.7. The van der Waals surface area contributed by atoms with E-state index >= 15 is 0 Å². The molecular weight excluding hydrogens is 366 g/mol. The fourth-order valence-corrected chi connectivity index (χ4v) is 2.85. The van der Waals surface area contributed by atoms with Crippen LogP contribution >= 0.6 is 0 Å². The lowest BCUT2D eigenvalue weighted by molar-refractivity contribution is -0.145. The van der Waals surface area contributed by atoms with Gasteiger partial charge in [-0.25, -0.2) is 0 Å². The molecule has 0 atom stereocenters. The highest BCUT2D eigenvalue weighted by atomic mass is 16.5. The van der Waals surface area contributed by atoms with Crippen molar-refractivity contribution in [1.82, 2.24) is 15.1 Å². The maximum Gasteiger partial charge on any atom is 0.306 e. The molecule has 0 N–H and O–H groups in total. The predicted octanol–water partition coefficient (Wildman–Crippen LogP) is 2.45. The minimum Gasteiger partial charge on any atom is -0.459 e. The Kier molecular flexibility index (Phi) is 4.71. The molecule has 2 aromatic heterocycles. The largest absolute Gasteiger partial charge is 0.459 e. The number of rotatable bonds is 7. The van der Waals surface area contributed by atoms with E-state index in [2.05, 4.69) is 10.2 Å². The molecule has 0 unspecified atom stereocenters. The van der Waals surface area contributed by atoms with Crippen molar-refractivity contribution in [2.75, 3.05) is 6.54 Å². The second-order valence-electron chi connectivity index (χ2n) is 6.05. The van der Waals surface area contributed by atoms with Crippen LogP contribution in [0.3, 0.4) is 0 Å². The average molecular weight is 381 g/mol. The molecule has 2 amide bonds. The van der Waals surface area contributed by atoms with E-state index in [4.69, 9.17) is 13.6 Å². The van der Waals surface area contributed by atoms with Gasteiger partial charge in [-0.2, -0.15) is 0 Å². The minimum absolute atomic E-state index is 0.0482. The summed E-state index contributed by atoms with van der Waals surface area (Å²) in [6, 6.07) is 10.0. The predicted molar refractivity (Wildman–Crippen MR) is 92.8 cm³/mol. The van der Waals surface area contributed by atoms with Crippen molar-refractivity contribution < 1.29 is 28.0 Å². The van der Waals surface area contributed by atoms with Crippen molar-refractivity contribution in [2.24, 2.45) is 0 Å². The van der Waals surface area contributed by atoms with Gasteiger partial charge in [0.15, 0.2) is 12.4 Å². The van der Waals surface area contributed by atoms with Crippen LogP contribution in [0.25, 0.3) is 11.7 Å². The smallest absolute Gasteiger partial charge is 0.306 e. The molecule has 0 saturated heterocycles. The number of esters is 1. The van der Waals surface area contributed by atoms with Crippen molar-refractivity contribution in [2.45, 2.75) is 19.4 Å². The van der Waals surface area contributed by atoms with Crippen LogP contribution in [0.2, 0.25) is 0 Å². The van der Waals surface area contributed by atoms with Gasteiger partial charge in [0.2, 0.25) is 0 Å². The molecule has 0 bridgehead atoms. The number of benzene rings is 1. The number of carbonyl (C=O) groups is 3. The maximum absolute atomic E-state index is 12.2. The molecule has 0 fully saturated rings. The van der Waals surface area contributed by atoms with Crippen LogP contribution in [-0.2, 0) is 16.1 Å². The van der Waals surface area contributed by atoms with Gasteiger partial charge in [-0.05, 0) is 30.7 Å². The Balaban J connectivity index is 1.24. The zero-order valence-corrected chi connectivity index (χ0v) is 14.7. The zero-order chi connectivity index (χ0) is 19.5. The van der Waals surface area contributed by atoms with Crippen molar-refractivity contribution in [3.05, 3.63) is 59.7 Å². The minimum atomic E-state index is -0.491. The summed E-state index contributed by atoms with van der Waals surface area (Å²) >= 11 is 0. The van der Waals surface area contributed by atoms with Crippen molar-refractivity contribution in [3.8, 4) is 11.7 Å². The van der Waals surface area contributed by atoms with Gasteiger partial charge in [0, 0.05) is 13.0 Å². The summed E-state index contributed by atoms with van der Waals surface area (Å²) in [6.07, 6.45) is 1.83. The normalized spacial score (nSPS) is 13.1. The Labute approximate surface area is 158 Å². The quantitative estimate of drug-likeness (QED) is 0.453. The number of hydrogen-bond donors (Lipinski definition) is 0. The van der Waals surface area contributed by atoms with Crippen LogP contribution in [0.15, 0.2) is 51.5 Å². The topological polar surface area (TPSA) is 116 Å². The van der Waals surface area contributed by atoms with Crippen LogP contribution in [0, 0.1) is 0 Å². The summed E-state index contributed by atoms with van der Waals surface area (Å²) in [5, 5.41) is 7.58. The van der Waals surface area contributed by atoms with Gasteiger partial charge in [-0.15, -0.1) is 10.2 Å². The molecular formula is C19H15N3O6. The van der Waals surface area contributed by atoms with E-state index in [1.54, 1.807) is 36.4 Å². The van der Waals surface area contributed by atoms with Gasteiger partial charge in [0.05, 0.1) is 17.4 Å². The number of furan rings is 1. The molecule has 0 radical (unpaired) electrons. The molecule has 1 aliphatic heterocycles. The van der Waals surface area contributed by atoms with E-state index < -0.39 is 5.97 Å². The maximum atomic E-state index is 12.2. The van der Waals surface area contributed by atoms with Gasteiger partial charge in [0.1, 0.15) is 0 Å². The molecule has 142 valence electrons. The van der Waals surface area contributed by atoms with Gasteiger partial charge < -0.3 is 13.6 Å². The second-order valence-corrected chi connectivity index (χ2v) is 6.05. The molecule has 1 aromatic carbocycles. The Morgan fingerprint density at radius 2 is 1.79 bits per heavy atom. The van der Waals surface area contributed by atoms with Crippen LogP contribution in [0.5, 0.6) is 0 Å². The lowest BCUT2D eigenvalue weighted by Crippen LogP contribution is -2.31. The van der Waals surface area contributed by atoms with Crippen molar-refractivity contribution >= 4 is 17.8 Å². The van der Waals surface area contributed by atoms with E-state index in [9.17, 15) is 14.4 Å². The molecule has 9 nitrogen and oxygen atoms in total. The molecule has 4 rings (SSSR count). The number of nitrogens with zero attached hydrogens (tertiary/aromatic N) is 3. The van der Waals surface area contributed by atoms with Crippen LogP contribution in [0.1, 0.15) is 39.4 Å². The lowest BCUT2D eigenvalue weighted by Gasteiger charge is -2.13. The number of carbonyl (C=O) groups excluding carboxylic acids is 3. The monoisotopic (exact) mass is 381 g/mol. The molecule has 9 heteroatoms. The molecule has 3 aromatic rings. The summed E-state index contributed by atoms with van der Waals surface area (Å²) in [6.45, 7) is -0.0236. The highest BCUT2D eigenvalue weighted by molar-refractivity contribution is 6.21. The molecule has 28 heavy (non-hydrogen) atoms. The number of hydrogen-bond acceptors (Lipinski definition) is 8. The van der Waals surface area contributed by atoms with E-state index in [-0.39, 0.29) is 43.2 Å². The standard InChI is InChI=1S/C19H15N3O6/c23-16(27-11-15-20-21-17(28-15)14-7-4-10-26-14)8-3-9-22-18(24)12-5-1-2-6-13(12)19(22)25/h1-2,4-7,10H,3,8-9,11H2. The molecule has 0 spiro atoms. The Morgan fingerprint density at radius 3 is 2.46 bits per heavy atom. The SMILES string of the molecule is O=C(CCCN1C(=O)c2ccccc2C1=O)OCc1nnc(-c2ccco2)o1. The number of ether oxygens (including phenoxy) is 1. The van der Waals surface area contributed by atoms with E-state index in [0.29, 0.717) is 23.3 Å². The molecule has 1 aliphatic rings. The lowest BCUT2D eigenvalue weighted by atomic mass is 10.1. The fourth-order valence-electron chi connectivity index (χ4n) is 2.85. The number of imide groups is 1. The summed E-state index contributed by atoms with van der Waals surface area (Å²) in [7, 11) is 0. The summed E-state index contributed by atoms with van der Waals surface area (Å²) < 4.78 is 15.6. The number of aromatic nitrogens is 2. The van der Waals surface area contributed by atoms with Crippen LogP contribution < -0.4 is 0 Å². The fraction of sp³-hybridized carbons (Fsp3) is 0.211. The summed E-state index contributed by atoms with van der Waals surface area (Å²) in [5.74, 6) is -0.419. The first-order valence-electron chi connectivity index (χ1n) is 8.60. The number of amides is 2. The van der Waals surface area contributed by atoms with E-state index in [0.717, 1.165) is 4.90 Å². The van der Waals surface area contributed by atoms with Gasteiger partial charge in [-0.1, -0.05) is 12.1 Å². The average Bonchev–Trinajstić information content (AvgIpc) is 3.44. The highest BCUT2D eigenvalue weighted by Crippen LogP contribution is 2.23. The third-order valence-electron chi connectivity index (χ3n) is 4.20. The Bertz CT molecular complexity index is 989. The first-order chi connectivity index (χ1) is 13.6. The third kappa shape index (κ3) is 3.41. The Hall–Kier alpha value is -3.75. The first-order valence-corrected chi connectivity index (χ1v) is 8.60. The summed E-state index contributed by atoms with van der Waals surface area (Å²) in [4.78, 5) is 37.5. The van der Waals surface area contributed by atoms with Crippen LogP contribution in [-0.4, -0.2) is 39.4 Å². The van der Waals surface area contributed by atoms with E-state index in [1.807, 2.05) is 0 Å². The van der Waals surface area contributed by atoms with E-state index in [1.165, 1.54) is 6.26 Å². The third-order valence-corrected chi connectivity index (χ3v) is 4.20. The van der Waals surface area contributed by atoms with Gasteiger partial charge >= 0.3 is 5.97 Å².